The Morgan fingerprint density at radius 1 is 1.08 bits per heavy atom. The van der Waals surface area contributed by atoms with E-state index in [1.54, 1.807) is 17.0 Å². The molecule has 0 spiro atoms. The van der Waals surface area contributed by atoms with Gasteiger partial charge in [-0.25, -0.2) is 0 Å². The molecule has 3 aromatic carbocycles. The molecule has 4 rings (SSSR count). The van der Waals surface area contributed by atoms with Crippen molar-refractivity contribution in [1.82, 2.24) is 0 Å². The molecule has 0 saturated carbocycles. The molecule has 0 atom stereocenters. The first-order chi connectivity index (χ1) is 12.1. The quantitative estimate of drug-likeness (QED) is 0.690. The lowest BCUT2D eigenvalue weighted by molar-refractivity contribution is 0.0992. The smallest absolute Gasteiger partial charge is 0.258 e. The van der Waals surface area contributed by atoms with Crippen LogP contribution in [0.5, 0.6) is 0 Å². The van der Waals surface area contributed by atoms with E-state index >= 15 is 0 Å². The second kappa shape index (κ2) is 6.01. The Hall–Kier alpha value is -2.66. The maximum Gasteiger partial charge on any atom is 0.258 e. The van der Waals surface area contributed by atoms with Crippen molar-refractivity contribution in [1.29, 1.82) is 0 Å². The van der Waals surface area contributed by atoms with Gasteiger partial charge in [0, 0.05) is 38.6 Å². The average Bonchev–Trinajstić information content (AvgIpc) is 2.91. The van der Waals surface area contributed by atoms with Crippen molar-refractivity contribution in [3.8, 4) is 0 Å². The number of rotatable bonds is 3. The van der Waals surface area contributed by atoms with Gasteiger partial charge in [0.25, 0.3) is 11.8 Å². The molecule has 1 heterocycles. The second-order valence-corrected chi connectivity index (χ2v) is 6.79. The zero-order valence-electron chi connectivity index (χ0n) is 13.5. The average molecular weight is 395 g/mol. The summed E-state index contributed by atoms with van der Waals surface area (Å²) in [5.74, 6) is -0.163. The van der Waals surface area contributed by atoms with Gasteiger partial charge in [-0.15, -0.1) is 0 Å². The highest BCUT2D eigenvalue weighted by Gasteiger charge is 2.29. The lowest BCUT2D eigenvalue weighted by Gasteiger charge is -2.15. The minimum absolute atomic E-state index is 0.0134. The van der Waals surface area contributed by atoms with Gasteiger partial charge in [0.2, 0.25) is 0 Å². The van der Waals surface area contributed by atoms with Crippen LogP contribution < -0.4 is 10.2 Å². The van der Waals surface area contributed by atoms with Crippen molar-refractivity contribution in [2.24, 2.45) is 0 Å². The maximum atomic E-state index is 12.5. The molecule has 4 nitrogen and oxygen atoms in total. The van der Waals surface area contributed by atoms with Gasteiger partial charge in [-0.1, -0.05) is 28.1 Å². The van der Waals surface area contributed by atoms with Crippen molar-refractivity contribution >= 4 is 49.9 Å². The number of carbonyl (C=O) groups is 2. The Morgan fingerprint density at radius 2 is 1.84 bits per heavy atom. The van der Waals surface area contributed by atoms with E-state index in [0.29, 0.717) is 23.4 Å². The molecule has 0 saturated heterocycles. The lowest BCUT2D eigenvalue weighted by Crippen LogP contribution is -2.25. The number of nitrogens with zero attached hydrogens (tertiary/aromatic N) is 1. The molecule has 0 aliphatic carbocycles. The number of amides is 2. The molecular formula is C20H15BrN2O2. The van der Waals surface area contributed by atoms with Gasteiger partial charge in [0.05, 0.1) is 5.69 Å². The van der Waals surface area contributed by atoms with Crippen molar-refractivity contribution in [3.05, 3.63) is 70.2 Å². The summed E-state index contributed by atoms with van der Waals surface area (Å²) in [7, 11) is 0. The number of halogens is 1. The summed E-state index contributed by atoms with van der Waals surface area (Å²) in [6.07, 6.45) is 0. The summed E-state index contributed by atoms with van der Waals surface area (Å²) in [5, 5.41) is 4.75. The number of hydrogen-bond acceptors (Lipinski definition) is 2. The van der Waals surface area contributed by atoms with Crippen LogP contribution in [0, 0.1) is 0 Å². The Bertz CT molecular complexity index is 1010. The minimum Gasteiger partial charge on any atom is -0.321 e. The number of anilines is 2. The fourth-order valence-electron chi connectivity index (χ4n) is 3.26. The molecule has 0 bridgehead atoms. The monoisotopic (exact) mass is 394 g/mol. The topological polar surface area (TPSA) is 49.4 Å². The van der Waals surface area contributed by atoms with Crippen LogP contribution in [-0.2, 0) is 0 Å². The number of carbonyl (C=O) groups excluding carboxylic acids is 2. The Balaban J connectivity index is 1.78. The first-order valence-corrected chi connectivity index (χ1v) is 8.84. The predicted octanol–water partition coefficient (Wildman–Crippen LogP) is 4.83. The van der Waals surface area contributed by atoms with Gasteiger partial charge in [-0.2, -0.15) is 0 Å². The van der Waals surface area contributed by atoms with E-state index in [1.807, 2.05) is 49.4 Å². The number of benzene rings is 3. The lowest BCUT2D eigenvalue weighted by atomic mass is 10.0. The molecule has 0 unspecified atom stereocenters. The summed E-state index contributed by atoms with van der Waals surface area (Å²) < 4.78 is 0.924. The third-order valence-corrected chi connectivity index (χ3v) is 4.98. The zero-order chi connectivity index (χ0) is 17.6. The Kier molecular flexibility index (Phi) is 3.81. The molecule has 124 valence electrons. The standard InChI is InChI=1S/C20H15BrN2O2/c1-2-23-17-11-10-16(14-4-3-5-15(18(14)17)20(23)25)22-19(24)12-6-8-13(21)9-7-12/h3-11H,2H2,1H3,(H,22,24). The van der Waals surface area contributed by atoms with E-state index in [4.69, 9.17) is 0 Å². The van der Waals surface area contributed by atoms with Crippen LogP contribution in [0.1, 0.15) is 27.6 Å². The molecule has 0 radical (unpaired) electrons. The Labute approximate surface area is 153 Å². The van der Waals surface area contributed by atoms with E-state index < -0.39 is 0 Å². The molecule has 5 heteroatoms. The maximum absolute atomic E-state index is 12.5. The van der Waals surface area contributed by atoms with Gasteiger partial charge >= 0.3 is 0 Å². The normalized spacial score (nSPS) is 12.7. The second-order valence-electron chi connectivity index (χ2n) is 5.87. The fraction of sp³-hybridized carbons (Fsp3) is 0.100. The van der Waals surface area contributed by atoms with Crippen molar-refractivity contribution in [2.45, 2.75) is 6.92 Å². The van der Waals surface area contributed by atoms with Crippen LogP contribution in [0.3, 0.4) is 0 Å². The molecule has 25 heavy (non-hydrogen) atoms. The third-order valence-electron chi connectivity index (χ3n) is 4.46. The highest BCUT2D eigenvalue weighted by molar-refractivity contribution is 9.10. The first kappa shape index (κ1) is 15.8. The van der Waals surface area contributed by atoms with Gasteiger partial charge in [-0.3, -0.25) is 9.59 Å². The summed E-state index contributed by atoms with van der Waals surface area (Å²) in [5.41, 5.74) is 2.88. The van der Waals surface area contributed by atoms with E-state index in [-0.39, 0.29) is 11.8 Å². The summed E-state index contributed by atoms with van der Waals surface area (Å²) in [4.78, 5) is 26.8. The van der Waals surface area contributed by atoms with Crippen LogP contribution in [0.15, 0.2) is 59.1 Å². The molecule has 0 aromatic heterocycles. The van der Waals surface area contributed by atoms with E-state index in [0.717, 1.165) is 20.9 Å². The zero-order valence-corrected chi connectivity index (χ0v) is 15.1. The molecule has 2 amide bonds. The van der Waals surface area contributed by atoms with Crippen LogP contribution in [0.25, 0.3) is 10.8 Å². The van der Waals surface area contributed by atoms with Gasteiger partial charge in [0.1, 0.15) is 0 Å². The predicted molar refractivity (Wildman–Crippen MR) is 103 cm³/mol. The SMILES string of the molecule is CCN1C(=O)c2cccc3c(NC(=O)c4ccc(Br)cc4)ccc1c23. The van der Waals surface area contributed by atoms with Gasteiger partial charge < -0.3 is 10.2 Å². The molecule has 0 fully saturated rings. The third kappa shape index (κ3) is 2.51. The van der Waals surface area contributed by atoms with Crippen molar-refractivity contribution in [2.75, 3.05) is 16.8 Å². The van der Waals surface area contributed by atoms with Crippen molar-refractivity contribution < 1.29 is 9.59 Å². The van der Waals surface area contributed by atoms with Crippen LogP contribution >= 0.6 is 15.9 Å². The van der Waals surface area contributed by atoms with E-state index in [2.05, 4.69) is 21.2 Å². The van der Waals surface area contributed by atoms with Crippen LogP contribution in [0.4, 0.5) is 11.4 Å². The van der Waals surface area contributed by atoms with Gasteiger partial charge in [0.15, 0.2) is 0 Å². The molecule has 1 aliphatic heterocycles. The minimum atomic E-state index is -0.176. The number of nitrogens with one attached hydrogen (secondary N) is 1. The highest BCUT2D eigenvalue weighted by atomic mass is 79.9. The van der Waals surface area contributed by atoms with Crippen LogP contribution in [0.2, 0.25) is 0 Å². The summed E-state index contributed by atoms with van der Waals surface area (Å²) in [6.45, 7) is 2.58. The summed E-state index contributed by atoms with van der Waals surface area (Å²) >= 11 is 3.37. The Morgan fingerprint density at radius 3 is 2.56 bits per heavy atom. The summed E-state index contributed by atoms with van der Waals surface area (Å²) in [6, 6.07) is 16.6. The van der Waals surface area contributed by atoms with Crippen LogP contribution in [-0.4, -0.2) is 18.4 Å². The number of hydrogen-bond donors (Lipinski definition) is 1. The molecule has 1 aliphatic rings. The molecule has 1 N–H and O–H groups in total. The first-order valence-electron chi connectivity index (χ1n) is 8.04. The van der Waals surface area contributed by atoms with E-state index in [1.165, 1.54) is 0 Å². The molecular weight excluding hydrogens is 380 g/mol. The van der Waals surface area contributed by atoms with Crippen molar-refractivity contribution in [3.63, 3.8) is 0 Å². The van der Waals surface area contributed by atoms with Gasteiger partial charge in [-0.05, 0) is 49.4 Å². The largest absolute Gasteiger partial charge is 0.321 e. The van der Waals surface area contributed by atoms with E-state index in [9.17, 15) is 9.59 Å². The fourth-order valence-corrected chi connectivity index (χ4v) is 3.53. The highest BCUT2D eigenvalue weighted by Crippen LogP contribution is 2.40. The molecule has 3 aromatic rings.